The Morgan fingerprint density at radius 1 is 1.00 bits per heavy atom. The van der Waals surface area contributed by atoms with Gasteiger partial charge in [-0.25, -0.2) is 4.57 Å². The Morgan fingerprint density at radius 2 is 1.42 bits per heavy atom. The molecule has 0 spiro atoms. The predicted octanol–water partition coefficient (Wildman–Crippen LogP) is 0.309. The minimum atomic E-state index is -3.79. The van der Waals surface area contributed by atoms with Gasteiger partial charge in [0.1, 0.15) is 0 Å². The van der Waals surface area contributed by atoms with E-state index in [-0.39, 0.29) is 31.0 Å². The summed E-state index contributed by atoms with van der Waals surface area (Å²) >= 11 is 0. The van der Waals surface area contributed by atoms with E-state index in [4.69, 9.17) is 13.6 Å². The minimum absolute atomic E-state index is 0. The van der Waals surface area contributed by atoms with Gasteiger partial charge >= 0.3 is 26.7 Å². The first-order valence-electron chi connectivity index (χ1n) is 7.26. The average Bonchev–Trinajstić information content (AvgIpc) is 2.32. The molecule has 0 aromatic heterocycles. The number of hydrogen-bond acceptors (Lipinski definition) is 6. The van der Waals surface area contributed by atoms with Crippen molar-refractivity contribution in [1.82, 2.24) is 0 Å². The van der Waals surface area contributed by atoms with Gasteiger partial charge in [-0.05, 0) is 52.7 Å². The van der Waals surface area contributed by atoms with Crippen LogP contribution in [0, 0.1) is 0 Å². The van der Waals surface area contributed by atoms with E-state index in [1.54, 1.807) is 53.7 Å². The topological polar surface area (TPSA) is 84.9 Å². The Kier molecular flexibility index (Phi) is 8.45. The van der Waals surface area contributed by atoms with E-state index >= 15 is 0 Å². The minimum Gasteiger partial charge on any atom is -0.545 e. The van der Waals surface area contributed by atoms with E-state index < -0.39 is 25.0 Å². The summed E-state index contributed by atoms with van der Waals surface area (Å²) < 4.78 is 29.2. The fourth-order valence-electron chi connectivity index (χ4n) is 1.63. The number of phosphoric ester groups is 1. The number of carboxylic acids is 1. The number of carbonyl (C=O) groups excluding carboxylic acids is 1. The van der Waals surface area contributed by atoms with Gasteiger partial charge < -0.3 is 9.90 Å². The molecule has 0 heterocycles. The molecule has 1 aromatic carbocycles. The molecule has 6 nitrogen and oxygen atoms in total. The number of rotatable bonds is 6. The van der Waals surface area contributed by atoms with E-state index in [0.29, 0.717) is 5.56 Å². The van der Waals surface area contributed by atoms with Crippen LogP contribution in [0.3, 0.4) is 0 Å². The molecule has 0 unspecified atom stereocenters. The number of hydrogen-bond donors (Lipinski definition) is 0. The summed E-state index contributed by atoms with van der Waals surface area (Å²) in [5.41, 5.74) is -0.710. The third-order valence-electron chi connectivity index (χ3n) is 2.35. The summed E-state index contributed by atoms with van der Waals surface area (Å²) in [6, 6.07) is 5.91. The zero-order valence-corrected chi connectivity index (χ0v) is 16.3. The van der Waals surface area contributed by atoms with Gasteiger partial charge in [0.15, 0.2) is 0 Å². The monoisotopic (exact) mass is 350 g/mol. The van der Waals surface area contributed by atoms with Gasteiger partial charge in [-0.2, -0.15) is 0 Å². The molecule has 0 fully saturated rings. The van der Waals surface area contributed by atoms with Crippen molar-refractivity contribution in [2.45, 2.75) is 59.4 Å². The van der Waals surface area contributed by atoms with Crippen LogP contribution in [0.15, 0.2) is 24.3 Å². The Morgan fingerprint density at radius 3 is 1.75 bits per heavy atom. The van der Waals surface area contributed by atoms with Gasteiger partial charge in [0, 0.05) is 0 Å². The molecular weight excluding hydrogens is 326 g/mol. The van der Waals surface area contributed by atoms with E-state index in [2.05, 4.69) is 0 Å². The molecule has 0 radical (unpaired) electrons. The zero-order chi connectivity index (χ0) is 17.9. The summed E-state index contributed by atoms with van der Waals surface area (Å²) in [5.74, 6) is -1.25. The normalized spacial score (nSPS) is 12.6. The van der Waals surface area contributed by atoms with Gasteiger partial charge in [0.05, 0.1) is 23.8 Å². The van der Waals surface area contributed by atoms with Gasteiger partial charge in [-0.3, -0.25) is 13.6 Å². The third kappa shape index (κ3) is 9.03. The molecule has 0 saturated carbocycles. The van der Waals surface area contributed by atoms with Crippen molar-refractivity contribution < 1.29 is 46.9 Å². The van der Waals surface area contributed by atoms with Crippen molar-refractivity contribution in [3.8, 4) is 0 Å². The molecule has 0 atom stereocenters. The number of carboxylic acid groups (broad SMARTS) is 1. The number of benzene rings is 1. The molecule has 8 heteroatoms. The Hall–Kier alpha value is -0.603. The quantitative estimate of drug-likeness (QED) is 0.542. The molecule has 1 rings (SSSR count). The van der Waals surface area contributed by atoms with Gasteiger partial charge in [0.2, 0.25) is 0 Å². The van der Waals surface area contributed by atoms with Crippen LogP contribution in [0.25, 0.3) is 0 Å². The number of phosphoric acid groups is 1. The van der Waals surface area contributed by atoms with Crippen LogP contribution < -0.4 is 24.0 Å². The number of aromatic carboxylic acids is 1. The molecule has 24 heavy (non-hydrogen) atoms. The van der Waals surface area contributed by atoms with Gasteiger partial charge in [-0.1, -0.05) is 24.3 Å². The Labute approximate surface area is 155 Å². The van der Waals surface area contributed by atoms with Crippen LogP contribution in [0.4, 0.5) is 0 Å². The molecule has 0 bridgehead atoms. The van der Waals surface area contributed by atoms with Crippen LogP contribution in [0.5, 0.6) is 0 Å². The van der Waals surface area contributed by atoms with E-state index in [1.165, 1.54) is 12.1 Å². The fraction of sp³-hybridized carbons (Fsp3) is 0.562. The summed E-state index contributed by atoms with van der Waals surface area (Å²) in [5, 5.41) is 10.7. The zero-order valence-electron chi connectivity index (χ0n) is 15.4. The van der Waals surface area contributed by atoms with Crippen LogP contribution >= 0.6 is 7.82 Å². The summed E-state index contributed by atoms with van der Waals surface area (Å²) in [4.78, 5) is 10.7. The van der Waals surface area contributed by atoms with Crippen molar-refractivity contribution in [3.05, 3.63) is 35.4 Å². The largest absolute Gasteiger partial charge is 1.00 e. The average molecular weight is 350 g/mol. The van der Waals surface area contributed by atoms with Crippen molar-refractivity contribution in [2.75, 3.05) is 0 Å². The van der Waals surface area contributed by atoms with Crippen LogP contribution in [-0.4, -0.2) is 17.2 Å². The van der Waals surface area contributed by atoms with Crippen molar-refractivity contribution >= 4 is 13.8 Å². The summed E-state index contributed by atoms with van der Waals surface area (Å²) in [7, 11) is -3.79. The standard InChI is InChI=1S/C16H25O6P.Li/c1-15(2,3)21-23(19,22-16(4,5)6)20-11-12-7-9-13(10-8-12)14(17)18;/h7-10H,11H2,1-6H3,(H,17,18);/q;+1/p-1. The van der Waals surface area contributed by atoms with Gasteiger partial charge in [-0.15, -0.1) is 0 Å². The summed E-state index contributed by atoms with van der Waals surface area (Å²) in [6.45, 7) is 10.5. The second-order valence-corrected chi connectivity index (χ2v) is 8.63. The maximum absolute atomic E-state index is 12.8. The molecule has 0 aliphatic heterocycles. The molecular formula is C16H24LiO6P. The molecule has 0 aliphatic rings. The molecule has 0 N–H and O–H groups in total. The third-order valence-corrected chi connectivity index (χ3v) is 4.34. The Bertz CT molecular complexity index is 566. The van der Waals surface area contributed by atoms with Crippen LogP contribution in [0.1, 0.15) is 57.5 Å². The molecule has 0 saturated heterocycles. The smallest absolute Gasteiger partial charge is 0.545 e. The van der Waals surface area contributed by atoms with Crippen LogP contribution in [-0.2, 0) is 24.7 Å². The summed E-state index contributed by atoms with van der Waals surface area (Å²) in [6.07, 6.45) is 0. The van der Waals surface area contributed by atoms with Crippen LogP contribution in [0.2, 0.25) is 0 Å². The second-order valence-electron chi connectivity index (χ2n) is 7.11. The Balaban J connectivity index is 0.00000529. The number of carbonyl (C=O) groups is 1. The molecule has 1 aromatic rings. The van der Waals surface area contributed by atoms with Crippen molar-refractivity contribution in [1.29, 1.82) is 0 Å². The predicted molar refractivity (Wildman–Crippen MR) is 84.8 cm³/mol. The molecule has 130 valence electrons. The maximum atomic E-state index is 12.8. The van der Waals surface area contributed by atoms with Crippen molar-refractivity contribution in [2.24, 2.45) is 0 Å². The molecule has 0 aliphatic carbocycles. The maximum Gasteiger partial charge on any atom is 1.00 e. The van der Waals surface area contributed by atoms with E-state index in [0.717, 1.165) is 0 Å². The first kappa shape index (κ1) is 23.4. The fourth-order valence-corrected chi connectivity index (χ4v) is 3.42. The first-order valence-corrected chi connectivity index (χ1v) is 8.72. The molecule has 0 amide bonds. The van der Waals surface area contributed by atoms with Gasteiger partial charge in [0.25, 0.3) is 0 Å². The second kappa shape index (κ2) is 8.67. The SMILES string of the molecule is CC(C)(C)OP(=O)(OCc1ccc(C(=O)[O-])cc1)OC(C)(C)C.[Li+]. The van der Waals surface area contributed by atoms with Crippen molar-refractivity contribution in [3.63, 3.8) is 0 Å². The first-order chi connectivity index (χ1) is 10.3. The van der Waals surface area contributed by atoms with E-state index in [9.17, 15) is 14.5 Å². The van der Waals surface area contributed by atoms with E-state index in [1.807, 2.05) is 0 Å².